The fourth-order valence-electron chi connectivity index (χ4n) is 10.4. The molecule has 1 heterocycles. The van der Waals surface area contributed by atoms with Crippen LogP contribution in [-0.4, -0.2) is 93.2 Å². The molecule has 7 rings (SSSR count). The van der Waals surface area contributed by atoms with Gasteiger partial charge in [-0.05, 0) is 54.8 Å². The van der Waals surface area contributed by atoms with Crippen LogP contribution in [0.25, 0.3) is 0 Å². The highest BCUT2D eigenvalue weighted by molar-refractivity contribution is 5.95. The third-order valence-corrected chi connectivity index (χ3v) is 13.5. The summed E-state index contributed by atoms with van der Waals surface area (Å²) in [6, 6.07) is 23.5. The molecule has 3 aromatic carbocycles. The summed E-state index contributed by atoms with van der Waals surface area (Å²) in [5, 5.41) is 40.0. The van der Waals surface area contributed by atoms with Gasteiger partial charge in [-0.25, -0.2) is 9.59 Å². The van der Waals surface area contributed by atoms with E-state index in [1.54, 1.807) is 113 Å². The second-order valence-corrected chi connectivity index (χ2v) is 17.1. The molecule has 1 saturated heterocycles. The van der Waals surface area contributed by atoms with Crippen molar-refractivity contribution in [3.63, 3.8) is 0 Å². The predicted octanol–water partition coefficient (Wildman–Crippen LogP) is 4.44. The Bertz CT molecular complexity index is 2160. The number of rotatable bonds is 9. The summed E-state index contributed by atoms with van der Waals surface area (Å²) in [6.07, 6.45) is -7.67. The zero-order chi connectivity index (χ0) is 42.7. The molecule has 1 aliphatic heterocycles. The largest absolute Gasteiger partial charge is 0.456 e. The highest BCUT2D eigenvalue weighted by Crippen LogP contribution is 2.65. The van der Waals surface area contributed by atoms with E-state index < -0.39 is 106 Å². The van der Waals surface area contributed by atoms with Crippen LogP contribution in [-0.2, 0) is 33.3 Å². The van der Waals surface area contributed by atoms with E-state index in [1.165, 1.54) is 19.1 Å². The van der Waals surface area contributed by atoms with E-state index in [0.29, 0.717) is 22.3 Å². The average molecular weight is 810 g/mol. The van der Waals surface area contributed by atoms with Crippen LogP contribution in [0.1, 0.15) is 86.7 Å². The molecule has 0 radical (unpaired) electrons. The lowest BCUT2D eigenvalue weighted by Gasteiger charge is -2.67. The Balaban J connectivity index is 1.34. The molecule has 0 spiro atoms. The Labute approximate surface area is 342 Å². The number of hydrogen-bond donors (Lipinski definition) is 4. The number of esters is 3. The van der Waals surface area contributed by atoms with Gasteiger partial charge in [0.25, 0.3) is 5.91 Å². The van der Waals surface area contributed by atoms with E-state index in [2.05, 4.69) is 5.32 Å². The van der Waals surface area contributed by atoms with Gasteiger partial charge in [0.05, 0.1) is 35.6 Å². The molecular weight excluding hydrogens is 759 g/mol. The van der Waals surface area contributed by atoms with Crippen molar-refractivity contribution in [2.45, 2.75) is 102 Å². The second kappa shape index (κ2) is 15.4. The molecule has 59 heavy (non-hydrogen) atoms. The van der Waals surface area contributed by atoms with E-state index in [0.717, 1.165) is 0 Å². The molecule has 2 bridgehead atoms. The molecule has 0 unspecified atom stereocenters. The van der Waals surface area contributed by atoms with Crippen molar-refractivity contribution >= 4 is 29.6 Å². The summed E-state index contributed by atoms with van der Waals surface area (Å²) in [6.45, 7) is 9.32. The summed E-state index contributed by atoms with van der Waals surface area (Å²) in [4.78, 5) is 69.9. The number of carbonyl (C=O) groups excluding carboxylic acids is 5. The minimum absolute atomic E-state index is 0.0700. The van der Waals surface area contributed by atoms with Crippen molar-refractivity contribution in [1.82, 2.24) is 5.32 Å². The lowest BCUT2D eigenvalue weighted by Crippen LogP contribution is -2.81. The maximum absolute atomic E-state index is 15.2. The lowest BCUT2D eigenvalue weighted by atomic mass is 9.43. The van der Waals surface area contributed by atoms with Crippen molar-refractivity contribution in [3.05, 3.63) is 119 Å². The Morgan fingerprint density at radius 2 is 1.46 bits per heavy atom. The molecule has 312 valence electrons. The van der Waals surface area contributed by atoms with Crippen LogP contribution >= 0.6 is 0 Å². The number of benzene rings is 3. The first-order valence-electron chi connectivity index (χ1n) is 19.9. The molecule has 3 aliphatic carbocycles. The van der Waals surface area contributed by atoms with Gasteiger partial charge in [-0.2, -0.15) is 0 Å². The molecule has 13 heteroatoms. The molecule has 1 amide bonds. The van der Waals surface area contributed by atoms with Crippen molar-refractivity contribution in [1.29, 1.82) is 0 Å². The van der Waals surface area contributed by atoms with Gasteiger partial charge in [-0.15, -0.1) is 0 Å². The van der Waals surface area contributed by atoms with Gasteiger partial charge >= 0.3 is 17.9 Å². The highest BCUT2D eigenvalue weighted by Gasteiger charge is 2.77. The molecule has 11 atom stereocenters. The van der Waals surface area contributed by atoms with Crippen LogP contribution in [0.4, 0.5) is 0 Å². The van der Waals surface area contributed by atoms with E-state index >= 15 is 4.79 Å². The molecule has 3 aromatic rings. The Hall–Kier alpha value is -5.21. The van der Waals surface area contributed by atoms with Gasteiger partial charge in [0.1, 0.15) is 29.7 Å². The topological polar surface area (TPSA) is 195 Å². The Morgan fingerprint density at radius 1 is 0.881 bits per heavy atom. The molecular formula is C46H51NO12. The van der Waals surface area contributed by atoms with Gasteiger partial charge in [0.2, 0.25) is 0 Å². The van der Waals surface area contributed by atoms with Crippen molar-refractivity contribution < 1.29 is 58.2 Å². The van der Waals surface area contributed by atoms with Crippen molar-refractivity contribution in [2.75, 3.05) is 6.61 Å². The number of ketones is 1. The smallest absolute Gasteiger partial charge is 0.338 e. The number of aliphatic hydroxyl groups excluding tert-OH is 2. The van der Waals surface area contributed by atoms with Gasteiger partial charge in [-0.3, -0.25) is 14.4 Å². The standard InChI is InChI=1S/C46H51NO12/c1-25-31(57-42(54)36(50)35(28-16-10-7-11-17-28)47-40(52)29-18-12-8-13-19-29)23-46(55)39(58-41(53)30-20-14-9-15-21-30)37-44(6,38(51)26(2)34(25)43(46,4)5)32(49)22-33-45(37,24-56-33)59-27(3)48/h7-21,26,31-33,35-37,39,49-50,55H,22-24H2,1-6H3,(H,47,52)/t26-,31+,32+,33-,35+,36-,37+,39+,44-,45+,46-/m1/s1. The monoisotopic (exact) mass is 809 g/mol. The third-order valence-electron chi connectivity index (χ3n) is 13.5. The van der Waals surface area contributed by atoms with Crippen LogP contribution in [0.5, 0.6) is 0 Å². The van der Waals surface area contributed by atoms with Crippen LogP contribution in [0.2, 0.25) is 0 Å². The van der Waals surface area contributed by atoms with Gasteiger partial charge in [0, 0.05) is 36.7 Å². The van der Waals surface area contributed by atoms with E-state index in [9.17, 15) is 34.5 Å². The first kappa shape index (κ1) is 41.9. The molecule has 2 saturated carbocycles. The first-order valence-corrected chi connectivity index (χ1v) is 19.9. The quantitative estimate of drug-likeness (QED) is 0.135. The summed E-state index contributed by atoms with van der Waals surface area (Å²) in [5.41, 5.74) is -5.28. The lowest BCUT2D eigenvalue weighted by molar-refractivity contribution is -0.345. The zero-order valence-corrected chi connectivity index (χ0v) is 33.9. The first-order chi connectivity index (χ1) is 27.9. The van der Waals surface area contributed by atoms with Gasteiger partial charge < -0.3 is 39.6 Å². The van der Waals surface area contributed by atoms with Crippen molar-refractivity contribution in [3.8, 4) is 0 Å². The molecule has 4 N–H and O–H groups in total. The summed E-state index contributed by atoms with van der Waals surface area (Å²) < 4.78 is 24.5. The number of amides is 1. The number of carbonyl (C=O) groups is 5. The number of ether oxygens (including phenoxy) is 4. The van der Waals surface area contributed by atoms with Crippen LogP contribution in [0, 0.1) is 22.7 Å². The van der Waals surface area contributed by atoms with Gasteiger partial charge in [0.15, 0.2) is 11.7 Å². The van der Waals surface area contributed by atoms with Crippen LogP contribution in [0.3, 0.4) is 0 Å². The third kappa shape index (κ3) is 6.77. The minimum atomic E-state index is -2.19. The molecule has 0 aromatic heterocycles. The maximum Gasteiger partial charge on any atom is 0.338 e. The van der Waals surface area contributed by atoms with Crippen LogP contribution in [0.15, 0.2) is 102 Å². The fraction of sp³-hybridized carbons (Fsp3) is 0.457. The number of aliphatic hydroxyl groups is 3. The second-order valence-electron chi connectivity index (χ2n) is 17.1. The van der Waals surface area contributed by atoms with Crippen molar-refractivity contribution in [2.24, 2.45) is 22.7 Å². The van der Waals surface area contributed by atoms with Crippen LogP contribution < -0.4 is 5.32 Å². The SMILES string of the molecule is CC(=O)O[C@@]12CO[C@@H]1C[C@H](O)[C@@]1(C)C(=O)[C@H](C)C3=C(C)[C@@H](OC(=O)[C@H](O)[C@@H](NC(=O)c4ccccc4)c4ccccc4)C[C@@](O)([C@@H](OC(=O)c4ccccc4)[C@H]21)C3(C)C. The number of hydrogen-bond acceptors (Lipinski definition) is 12. The summed E-state index contributed by atoms with van der Waals surface area (Å²) >= 11 is 0. The number of Topliss-reactive ketones (excluding diaryl/α,β-unsaturated/α-hetero) is 1. The fourth-order valence-corrected chi connectivity index (χ4v) is 10.4. The van der Waals surface area contributed by atoms with E-state index in [1.807, 2.05) is 0 Å². The predicted molar refractivity (Wildman–Crippen MR) is 211 cm³/mol. The molecule has 3 fully saturated rings. The Kier molecular flexibility index (Phi) is 11.0. The number of nitrogens with one attached hydrogen (secondary N) is 1. The highest BCUT2D eigenvalue weighted by atomic mass is 16.6. The summed E-state index contributed by atoms with van der Waals surface area (Å²) in [5.74, 6) is -6.06. The zero-order valence-electron chi connectivity index (χ0n) is 33.9. The normalized spacial score (nSPS) is 33.0. The maximum atomic E-state index is 15.2. The number of fused-ring (bicyclic) bond motifs is 5. The average Bonchev–Trinajstić information content (AvgIpc) is 3.21. The van der Waals surface area contributed by atoms with E-state index in [-0.39, 0.29) is 18.6 Å². The molecule has 13 nitrogen and oxygen atoms in total. The molecule has 4 aliphatic rings. The minimum Gasteiger partial charge on any atom is -0.456 e. The van der Waals surface area contributed by atoms with E-state index in [4.69, 9.17) is 18.9 Å². The van der Waals surface area contributed by atoms with Gasteiger partial charge in [-0.1, -0.05) is 87.5 Å². The Morgan fingerprint density at radius 3 is 2.02 bits per heavy atom. The summed E-state index contributed by atoms with van der Waals surface area (Å²) in [7, 11) is 0.